The van der Waals surface area contributed by atoms with E-state index >= 15 is 0 Å². The minimum atomic E-state index is -0.965. The second-order valence-electron chi connectivity index (χ2n) is 4.87. The van der Waals surface area contributed by atoms with E-state index in [1.54, 1.807) is 12.1 Å². The first-order valence-corrected chi connectivity index (χ1v) is 7.35. The van der Waals surface area contributed by atoms with Crippen LogP contribution in [0.4, 0.5) is 17.1 Å². The monoisotopic (exact) mass is 313 g/mol. The summed E-state index contributed by atoms with van der Waals surface area (Å²) in [5.41, 5.74) is 2.54. The third kappa shape index (κ3) is 4.62. The van der Waals surface area contributed by atoms with Gasteiger partial charge in [-0.2, -0.15) is 10.2 Å². The molecule has 0 heterocycles. The summed E-state index contributed by atoms with van der Waals surface area (Å²) in [4.78, 5) is 12.8. The fourth-order valence-corrected chi connectivity index (χ4v) is 2.11. The van der Waals surface area contributed by atoms with Gasteiger partial charge in [0.05, 0.1) is 23.5 Å². The normalized spacial score (nSPS) is 10.9. The highest BCUT2D eigenvalue weighted by Gasteiger charge is 2.03. The van der Waals surface area contributed by atoms with Gasteiger partial charge in [0, 0.05) is 18.8 Å². The van der Waals surface area contributed by atoms with Crippen LogP contribution in [-0.2, 0) is 0 Å². The minimum absolute atomic E-state index is 0.113. The van der Waals surface area contributed by atoms with Gasteiger partial charge in [0.25, 0.3) is 0 Å². The number of hydrogen-bond acceptors (Lipinski definition) is 5. The lowest BCUT2D eigenvalue weighted by molar-refractivity contribution is 0.0697. The molecule has 0 aliphatic carbocycles. The van der Waals surface area contributed by atoms with Crippen molar-refractivity contribution in [3.05, 3.63) is 54.1 Å². The van der Waals surface area contributed by atoms with Crippen LogP contribution in [0.1, 0.15) is 17.3 Å². The minimum Gasteiger partial charge on any atom is -0.478 e. The number of carbonyl (C=O) groups is 1. The second kappa shape index (κ2) is 8.05. The van der Waals surface area contributed by atoms with E-state index in [1.165, 1.54) is 12.1 Å². The molecule has 2 aromatic carbocycles. The number of nitrogens with zero attached hydrogens (tertiary/aromatic N) is 3. The van der Waals surface area contributed by atoms with Gasteiger partial charge in [0.2, 0.25) is 0 Å². The molecule has 23 heavy (non-hydrogen) atoms. The summed E-state index contributed by atoms with van der Waals surface area (Å²) < 4.78 is 0. The van der Waals surface area contributed by atoms with Crippen molar-refractivity contribution in [2.45, 2.75) is 6.92 Å². The number of carboxylic acid groups (broad SMARTS) is 1. The molecular weight excluding hydrogens is 294 g/mol. The Bertz CT molecular complexity index is 666. The van der Waals surface area contributed by atoms with Crippen molar-refractivity contribution in [1.29, 1.82) is 0 Å². The zero-order chi connectivity index (χ0) is 16.7. The molecule has 0 saturated carbocycles. The summed E-state index contributed by atoms with van der Waals surface area (Å²) in [6, 6.07) is 13.8. The lowest BCUT2D eigenvalue weighted by Crippen LogP contribution is -2.25. The Morgan fingerprint density at radius 1 is 1.00 bits per heavy atom. The highest BCUT2D eigenvalue weighted by atomic mass is 16.4. The third-order valence-corrected chi connectivity index (χ3v) is 3.36. The largest absolute Gasteiger partial charge is 0.478 e. The van der Waals surface area contributed by atoms with E-state index < -0.39 is 5.97 Å². The smallest absolute Gasteiger partial charge is 0.335 e. The van der Waals surface area contributed by atoms with E-state index in [9.17, 15) is 4.79 Å². The first-order chi connectivity index (χ1) is 11.1. The zero-order valence-electron chi connectivity index (χ0n) is 12.9. The maximum absolute atomic E-state index is 10.8. The summed E-state index contributed by atoms with van der Waals surface area (Å²) in [7, 11) is 0. The first-order valence-electron chi connectivity index (χ1n) is 7.35. The Hall–Kier alpha value is -2.73. The van der Waals surface area contributed by atoms with Crippen LogP contribution in [0.3, 0.4) is 0 Å². The number of likely N-dealkylation sites (N-methyl/N-ethyl adjacent to an activating group) is 1. The number of rotatable bonds is 7. The quantitative estimate of drug-likeness (QED) is 0.764. The molecule has 6 nitrogen and oxygen atoms in total. The van der Waals surface area contributed by atoms with Crippen molar-refractivity contribution in [3.8, 4) is 0 Å². The Labute approximate surface area is 134 Å². The van der Waals surface area contributed by atoms with Gasteiger partial charge in [0.15, 0.2) is 0 Å². The number of aliphatic hydroxyl groups excluding tert-OH is 1. The van der Waals surface area contributed by atoms with Crippen molar-refractivity contribution in [2.24, 2.45) is 10.2 Å². The van der Waals surface area contributed by atoms with Gasteiger partial charge in [-0.1, -0.05) is 0 Å². The van der Waals surface area contributed by atoms with E-state index in [1.807, 2.05) is 31.2 Å². The number of benzene rings is 2. The van der Waals surface area contributed by atoms with Gasteiger partial charge < -0.3 is 15.1 Å². The number of hydrogen-bond donors (Lipinski definition) is 2. The average Bonchev–Trinajstić information content (AvgIpc) is 2.59. The lowest BCUT2D eigenvalue weighted by Gasteiger charge is -2.21. The highest BCUT2D eigenvalue weighted by Crippen LogP contribution is 2.22. The molecule has 2 N–H and O–H groups in total. The number of anilines is 1. The van der Waals surface area contributed by atoms with E-state index in [0.717, 1.165) is 12.2 Å². The number of azo groups is 1. The van der Waals surface area contributed by atoms with Crippen LogP contribution in [0.25, 0.3) is 0 Å². The van der Waals surface area contributed by atoms with Crippen molar-refractivity contribution >= 4 is 23.0 Å². The topological polar surface area (TPSA) is 85.5 Å². The van der Waals surface area contributed by atoms with E-state index in [4.69, 9.17) is 10.2 Å². The fraction of sp³-hybridized carbons (Fsp3) is 0.235. The number of carboxylic acids is 1. The Kier molecular flexibility index (Phi) is 5.82. The predicted molar refractivity (Wildman–Crippen MR) is 89.0 cm³/mol. The van der Waals surface area contributed by atoms with Gasteiger partial charge in [-0.05, 0) is 55.5 Å². The molecular formula is C17H19N3O3. The molecule has 0 bridgehead atoms. The van der Waals surface area contributed by atoms with E-state index in [0.29, 0.717) is 17.9 Å². The molecule has 2 rings (SSSR count). The SMILES string of the molecule is CCN(CCO)c1ccc(N=Nc2ccc(C(=O)O)cc2)cc1. The molecule has 0 amide bonds. The van der Waals surface area contributed by atoms with Gasteiger partial charge in [-0.3, -0.25) is 0 Å². The van der Waals surface area contributed by atoms with Crippen molar-refractivity contribution in [2.75, 3.05) is 24.6 Å². The van der Waals surface area contributed by atoms with Crippen LogP contribution in [0.15, 0.2) is 58.8 Å². The van der Waals surface area contributed by atoms with Crippen molar-refractivity contribution in [3.63, 3.8) is 0 Å². The highest BCUT2D eigenvalue weighted by molar-refractivity contribution is 5.87. The molecule has 0 aromatic heterocycles. The summed E-state index contributed by atoms with van der Waals surface area (Å²) in [5.74, 6) is -0.965. The Balaban J connectivity index is 2.06. The average molecular weight is 313 g/mol. The molecule has 0 unspecified atom stereocenters. The van der Waals surface area contributed by atoms with Crippen LogP contribution in [0.5, 0.6) is 0 Å². The fourth-order valence-electron chi connectivity index (χ4n) is 2.11. The summed E-state index contributed by atoms with van der Waals surface area (Å²) in [5, 5.41) is 26.1. The molecule has 0 aliphatic heterocycles. The summed E-state index contributed by atoms with van der Waals surface area (Å²) in [6.45, 7) is 3.55. The molecule has 6 heteroatoms. The lowest BCUT2D eigenvalue weighted by atomic mass is 10.2. The summed E-state index contributed by atoms with van der Waals surface area (Å²) >= 11 is 0. The standard InChI is InChI=1S/C17H19N3O3/c1-2-20(11-12-21)16-9-7-15(8-10-16)19-18-14-5-3-13(4-6-14)17(22)23/h3-10,21H,2,11-12H2,1H3,(H,22,23). The Morgan fingerprint density at radius 2 is 1.52 bits per heavy atom. The summed E-state index contributed by atoms with van der Waals surface area (Å²) in [6.07, 6.45) is 0. The van der Waals surface area contributed by atoms with Gasteiger partial charge in [0.1, 0.15) is 0 Å². The zero-order valence-corrected chi connectivity index (χ0v) is 12.9. The molecule has 0 fully saturated rings. The van der Waals surface area contributed by atoms with Crippen molar-refractivity contribution in [1.82, 2.24) is 0 Å². The number of aromatic carboxylic acids is 1. The van der Waals surface area contributed by atoms with E-state index in [2.05, 4.69) is 15.1 Å². The molecule has 0 saturated heterocycles. The second-order valence-corrected chi connectivity index (χ2v) is 4.87. The molecule has 0 atom stereocenters. The van der Waals surface area contributed by atoms with Crippen LogP contribution < -0.4 is 4.90 Å². The van der Waals surface area contributed by atoms with Crippen LogP contribution >= 0.6 is 0 Å². The maximum Gasteiger partial charge on any atom is 0.335 e. The van der Waals surface area contributed by atoms with Crippen molar-refractivity contribution < 1.29 is 15.0 Å². The molecule has 0 radical (unpaired) electrons. The van der Waals surface area contributed by atoms with Gasteiger partial charge in [-0.25, -0.2) is 4.79 Å². The third-order valence-electron chi connectivity index (χ3n) is 3.36. The predicted octanol–water partition coefficient (Wildman–Crippen LogP) is 3.62. The van der Waals surface area contributed by atoms with Crippen LogP contribution in [0, 0.1) is 0 Å². The molecule has 2 aromatic rings. The van der Waals surface area contributed by atoms with Gasteiger partial charge >= 0.3 is 5.97 Å². The van der Waals surface area contributed by atoms with E-state index in [-0.39, 0.29) is 12.2 Å². The molecule has 0 aliphatic rings. The van der Waals surface area contributed by atoms with Gasteiger partial charge in [-0.15, -0.1) is 0 Å². The Morgan fingerprint density at radius 3 is 1.96 bits per heavy atom. The molecule has 0 spiro atoms. The van der Waals surface area contributed by atoms with Crippen LogP contribution in [0.2, 0.25) is 0 Å². The maximum atomic E-state index is 10.8. The van der Waals surface area contributed by atoms with Crippen LogP contribution in [-0.4, -0.2) is 35.9 Å². The first kappa shape index (κ1) is 16.6. The molecule has 120 valence electrons. The number of aliphatic hydroxyl groups is 1.